The third kappa shape index (κ3) is 4.04. The Labute approximate surface area is 168 Å². The Morgan fingerprint density at radius 1 is 0.862 bits per heavy atom. The van der Waals surface area contributed by atoms with E-state index in [0.717, 1.165) is 24.0 Å². The van der Waals surface area contributed by atoms with Crippen molar-refractivity contribution in [2.45, 2.75) is 24.8 Å². The Hall–Kier alpha value is -3.47. The highest BCUT2D eigenvalue weighted by molar-refractivity contribution is 6.04. The minimum atomic E-state index is -0.561. The monoisotopic (exact) mass is 388 g/mol. The van der Waals surface area contributed by atoms with Gasteiger partial charge in [0.05, 0.1) is 11.0 Å². The second kappa shape index (κ2) is 7.87. The van der Waals surface area contributed by atoms with Crippen molar-refractivity contribution in [3.8, 4) is 0 Å². The van der Waals surface area contributed by atoms with Crippen LogP contribution < -0.4 is 10.6 Å². The van der Waals surface area contributed by atoms with Gasteiger partial charge in [0.15, 0.2) is 0 Å². The van der Waals surface area contributed by atoms with E-state index in [1.807, 2.05) is 42.5 Å². The molecule has 0 unspecified atom stereocenters. The van der Waals surface area contributed by atoms with E-state index in [1.165, 1.54) is 12.1 Å². The Bertz CT molecular complexity index is 1030. The summed E-state index contributed by atoms with van der Waals surface area (Å²) in [5.74, 6) is -1.05. The van der Waals surface area contributed by atoms with Crippen LogP contribution in [0.5, 0.6) is 0 Å². The molecule has 0 aliphatic heterocycles. The summed E-state index contributed by atoms with van der Waals surface area (Å²) >= 11 is 0. The van der Waals surface area contributed by atoms with E-state index in [1.54, 1.807) is 24.3 Å². The van der Waals surface area contributed by atoms with Crippen molar-refractivity contribution in [3.05, 3.63) is 101 Å². The fraction of sp³-hybridized carbons (Fsp3) is 0.167. The molecule has 1 fully saturated rings. The number of benzene rings is 3. The molecule has 1 aliphatic rings. The number of halogens is 1. The van der Waals surface area contributed by atoms with Crippen LogP contribution in [0.2, 0.25) is 0 Å². The van der Waals surface area contributed by atoms with Crippen LogP contribution in [0, 0.1) is 5.82 Å². The van der Waals surface area contributed by atoms with Gasteiger partial charge in [0, 0.05) is 12.2 Å². The molecule has 0 bridgehead atoms. The fourth-order valence-electron chi connectivity index (χ4n) is 3.44. The van der Waals surface area contributed by atoms with Crippen LogP contribution in [0.15, 0.2) is 78.9 Å². The van der Waals surface area contributed by atoms with Crippen molar-refractivity contribution >= 4 is 17.5 Å². The van der Waals surface area contributed by atoms with Gasteiger partial charge in [-0.15, -0.1) is 0 Å². The largest absolute Gasteiger partial charge is 0.351 e. The van der Waals surface area contributed by atoms with Crippen molar-refractivity contribution in [1.82, 2.24) is 5.32 Å². The summed E-state index contributed by atoms with van der Waals surface area (Å²) < 4.78 is 13.8. The van der Waals surface area contributed by atoms with Crippen LogP contribution in [0.1, 0.15) is 34.3 Å². The number of hydrogen-bond acceptors (Lipinski definition) is 2. The molecule has 3 aromatic rings. The van der Waals surface area contributed by atoms with Crippen molar-refractivity contribution < 1.29 is 14.0 Å². The third-order valence-electron chi connectivity index (χ3n) is 5.29. The molecule has 0 aromatic heterocycles. The van der Waals surface area contributed by atoms with Crippen LogP contribution in [0.25, 0.3) is 0 Å². The molecule has 0 radical (unpaired) electrons. The zero-order valence-electron chi connectivity index (χ0n) is 15.8. The average molecular weight is 388 g/mol. The van der Waals surface area contributed by atoms with Gasteiger partial charge in [-0.25, -0.2) is 4.39 Å². The van der Waals surface area contributed by atoms with Gasteiger partial charge in [-0.2, -0.15) is 0 Å². The first-order valence-electron chi connectivity index (χ1n) is 9.57. The lowest BCUT2D eigenvalue weighted by molar-refractivity contribution is -0.123. The Morgan fingerprint density at radius 2 is 1.52 bits per heavy atom. The zero-order chi connectivity index (χ0) is 20.3. The maximum Gasteiger partial charge on any atom is 0.258 e. The van der Waals surface area contributed by atoms with Gasteiger partial charge < -0.3 is 10.6 Å². The van der Waals surface area contributed by atoms with Crippen LogP contribution in [-0.4, -0.2) is 11.8 Å². The molecule has 0 spiro atoms. The number of carbonyl (C=O) groups is 2. The van der Waals surface area contributed by atoms with Crippen molar-refractivity contribution in [2.24, 2.45) is 0 Å². The summed E-state index contributed by atoms with van der Waals surface area (Å²) in [5.41, 5.74) is 2.04. The van der Waals surface area contributed by atoms with E-state index < -0.39 is 17.1 Å². The number of carbonyl (C=O) groups excluding carboxylic acids is 2. The van der Waals surface area contributed by atoms with Gasteiger partial charge in [-0.3, -0.25) is 9.59 Å². The SMILES string of the molecule is O=C(Nc1ccc(C2(C(=O)NCc3ccccc3)CC2)cc1)c1ccccc1F. The van der Waals surface area contributed by atoms with E-state index in [0.29, 0.717) is 12.2 Å². The van der Waals surface area contributed by atoms with Crippen LogP contribution >= 0.6 is 0 Å². The highest BCUT2D eigenvalue weighted by atomic mass is 19.1. The van der Waals surface area contributed by atoms with E-state index >= 15 is 0 Å². The van der Waals surface area contributed by atoms with Crippen LogP contribution in [0.4, 0.5) is 10.1 Å². The molecule has 5 heteroatoms. The standard InChI is InChI=1S/C24H21FN2O2/c25-21-9-5-4-8-20(21)22(28)27-19-12-10-18(11-13-19)24(14-15-24)23(29)26-16-17-6-2-1-3-7-17/h1-13H,14-16H2,(H,26,29)(H,27,28). The van der Waals surface area contributed by atoms with Crippen molar-refractivity contribution in [3.63, 3.8) is 0 Å². The van der Waals surface area contributed by atoms with E-state index in [9.17, 15) is 14.0 Å². The maximum atomic E-state index is 13.8. The first-order chi connectivity index (χ1) is 14.1. The first-order valence-corrected chi connectivity index (χ1v) is 9.57. The number of anilines is 1. The summed E-state index contributed by atoms with van der Waals surface area (Å²) in [5, 5.41) is 5.72. The molecule has 0 atom stereocenters. The predicted molar refractivity (Wildman–Crippen MR) is 110 cm³/mol. The molecule has 146 valence electrons. The second-order valence-electron chi connectivity index (χ2n) is 7.26. The van der Waals surface area contributed by atoms with Crippen molar-refractivity contribution in [1.29, 1.82) is 0 Å². The molecule has 3 aromatic carbocycles. The average Bonchev–Trinajstić information content (AvgIpc) is 3.56. The van der Waals surface area contributed by atoms with Gasteiger partial charge >= 0.3 is 0 Å². The summed E-state index contributed by atoms with van der Waals surface area (Å²) in [6.45, 7) is 0.498. The highest BCUT2D eigenvalue weighted by Gasteiger charge is 2.51. The molecule has 0 saturated heterocycles. The van der Waals surface area contributed by atoms with Gasteiger partial charge in [-0.05, 0) is 48.2 Å². The van der Waals surface area contributed by atoms with Crippen molar-refractivity contribution in [2.75, 3.05) is 5.32 Å². The highest BCUT2D eigenvalue weighted by Crippen LogP contribution is 2.48. The molecule has 1 saturated carbocycles. The predicted octanol–water partition coefficient (Wildman–Crippen LogP) is 4.43. The zero-order valence-corrected chi connectivity index (χ0v) is 15.8. The minimum absolute atomic E-state index is 0.00414. The normalized spacial score (nSPS) is 14.1. The van der Waals surface area contributed by atoms with Gasteiger partial charge in [-0.1, -0.05) is 54.6 Å². The molecule has 1 aliphatic carbocycles. The third-order valence-corrected chi connectivity index (χ3v) is 5.29. The molecular formula is C24H21FN2O2. The lowest BCUT2D eigenvalue weighted by Crippen LogP contribution is -2.34. The van der Waals surface area contributed by atoms with Crippen LogP contribution in [-0.2, 0) is 16.8 Å². The molecule has 29 heavy (non-hydrogen) atoms. The molecule has 4 nitrogen and oxygen atoms in total. The molecule has 2 N–H and O–H groups in total. The topological polar surface area (TPSA) is 58.2 Å². The number of nitrogens with one attached hydrogen (secondary N) is 2. The maximum absolute atomic E-state index is 13.8. The van der Waals surface area contributed by atoms with E-state index in [4.69, 9.17) is 0 Å². The Balaban J connectivity index is 1.41. The lowest BCUT2D eigenvalue weighted by Gasteiger charge is -2.16. The summed E-state index contributed by atoms with van der Waals surface area (Å²) in [6, 6.07) is 22.9. The molecule has 0 heterocycles. The van der Waals surface area contributed by atoms with Gasteiger partial charge in [0.2, 0.25) is 5.91 Å². The minimum Gasteiger partial charge on any atom is -0.351 e. The summed E-state index contributed by atoms with van der Waals surface area (Å²) in [7, 11) is 0. The molecular weight excluding hydrogens is 367 g/mol. The first kappa shape index (κ1) is 18.9. The summed E-state index contributed by atoms with van der Waals surface area (Å²) in [6.07, 6.45) is 1.60. The molecule has 4 rings (SSSR count). The van der Waals surface area contributed by atoms with E-state index in [2.05, 4.69) is 10.6 Å². The van der Waals surface area contributed by atoms with Crippen LogP contribution in [0.3, 0.4) is 0 Å². The Morgan fingerprint density at radius 3 is 2.17 bits per heavy atom. The number of amides is 2. The fourth-order valence-corrected chi connectivity index (χ4v) is 3.44. The lowest BCUT2D eigenvalue weighted by atomic mass is 9.94. The second-order valence-corrected chi connectivity index (χ2v) is 7.26. The Kier molecular flexibility index (Phi) is 5.12. The number of rotatable bonds is 6. The smallest absolute Gasteiger partial charge is 0.258 e. The quantitative estimate of drug-likeness (QED) is 0.657. The molecule has 2 amide bonds. The van der Waals surface area contributed by atoms with E-state index in [-0.39, 0.29) is 11.5 Å². The number of hydrogen-bond donors (Lipinski definition) is 2. The van der Waals surface area contributed by atoms with Gasteiger partial charge in [0.1, 0.15) is 5.82 Å². The van der Waals surface area contributed by atoms with Gasteiger partial charge in [0.25, 0.3) is 5.91 Å². The summed E-state index contributed by atoms with van der Waals surface area (Å²) in [4.78, 5) is 25.0.